The molecule has 0 aromatic heterocycles. The van der Waals surface area contributed by atoms with Crippen LogP contribution < -0.4 is 10.0 Å². The molecule has 0 radical (unpaired) electrons. The van der Waals surface area contributed by atoms with Crippen molar-refractivity contribution in [2.45, 2.75) is 31.7 Å². The van der Waals surface area contributed by atoms with Crippen LogP contribution in [0.25, 0.3) is 0 Å². The lowest BCUT2D eigenvalue weighted by Gasteiger charge is -2.47. The monoisotopic (exact) mass is 546 g/mol. The second-order valence-electron chi connectivity index (χ2n) is 9.90. The van der Waals surface area contributed by atoms with Gasteiger partial charge in [-0.05, 0) is 54.4 Å². The van der Waals surface area contributed by atoms with E-state index in [9.17, 15) is 4.79 Å². The molecule has 1 spiro atoms. The zero-order valence-corrected chi connectivity index (χ0v) is 23.5. The lowest BCUT2D eigenvalue weighted by atomic mass is 9.92. The topological polar surface area (TPSA) is 57.5 Å². The Morgan fingerprint density at radius 3 is 1.98 bits per heavy atom. The van der Waals surface area contributed by atoms with Crippen LogP contribution in [0.3, 0.4) is 0 Å². The number of carbonyl (C=O) groups excluding carboxylic acids is 1. The molecule has 2 heterocycles. The maximum atomic E-state index is 13.1. The fraction of sp³-hybridized carbons (Fsp3) is 0.182. The number of esters is 1. The molecule has 0 fully saturated rings. The number of rotatable bonds is 6. The SMILES string of the molecule is CCOC(=O)C1=NN(c2ccccc2)[C@]2(S1)c1ccccc1C(c1ccc(C(C)C)cc1)=NN2c1ccccc1. The molecule has 1 atom stereocenters. The number of carbonyl (C=O) groups is 1. The maximum Gasteiger partial charge on any atom is 0.365 e. The number of nitrogens with zero attached hydrogens (tertiary/aromatic N) is 4. The van der Waals surface area contributed by atoms with Crippen LogP contribution in [0.1, 0.15) is 48.9 Å². The average Bonchev–Trinajstić information content (AvgIpc) is 3.40. The van der Waals surface area contributed by atoms with Crippen molar-refractivity contribution in [3.05, 3.63) is 131 Å². The first-order valence-electron chi connectivity index (χ1n) is 13.5. The van der Waals surface area contributed by atoms with Crippen molar-refractivity contribution in [2.75, 3.05) is 16.6 Å². The number of thioether (sulfide) groups is 1. The van der Waals surface area contributed by atoms with Crippen molar-refractivity contribution < 1.29 is 9.53 Å². The first-order valence-corrected chi connectivity index (χ1v) is 14.3. The minimum absolute atomic E-state index is 0.268. The van der Waals surface area contributed by atoms with Gasteiger partial charge in [-0.1, -0.05) is 98.8 Å². The van der Waals surface area contributed by atoms with Crippen LogP contribution >= 0.6 is 11.8 Å². The summed E-state index contributed by atoms with van der Waals surface area (Å²) in [6.07, 6.45) is 0. The minimum atomic E-state index is -1.01. The Morgan fingerprint density at radius 1 is 0.800 bits per heavy atom. The highest BCUT2D eigenvalue weighted by Crippen LogP contribution is 2.55. The lowest BCUT2D eigenvalue weighted by molar-refractivity contribution is -0.134. The number of fused-ring (bicyclic) bond motifs is 2. The smallest absolute Gasteiger partial charge is 0.365 e. The van der Waals surface area contributed by atoms with Gasteiger partial charge in [0.2, 0.25) is 10.0 Å². The molecular weight excluding hydrogens is 516 g/mol. The summed E-state index contributed by atoms with van der Waals surface area (Å²) in [5, 5.41) is 14.4. The molecular formula is C33H30N4O2S. The number of para-hydroxylation sites is 2. The molecule has 6 rings (SSSR count). The van der Waals surface area contributed by atoms with Crippen molar-refractivity contribution in [3.8, 4) is 0 Å². The van der Waals surface area contributed by atoms with E-state index in [1.165, 1.54) is 17.3 Å². The van der Waals surface area contributed by atoms with Crippen LogP contribution in [0.5, 0.6) is 0 Å². The first kappa shape index (κ1) is 25.9. The second-order valence-corrected chi connectivity index (χ2v) is 11.1. The number of hydrogen-bond donors (Lipinski definition) is 0. The predicted octanol–water partition coefficient (Wildman–Crippen LogP) is 7.32. The Bertz CT molecular complexity index is 1590. The highest BCUT2D eigenvalue weighted by atomic mass is 32.2. The van der Waals surface area contributed by atoms with Crippen molar-refractivity contribution >= 4 is 39.9 Å². The van der Waals surface area contributed by atoms with Crippen molar-refractivity contribution in [1.29, 1.82) is 0 Å². The molecule has 0 saturated carbocycles. The molecule has 0 unspecified atom stereocenters. The molecule has 2 aliphatic rings. The third kappa shape index (κ3) is 4.36. The van der Waals surface area contributed by atoms with Gasteiger partial charge in [0.15, 0.2) is 0 Å². The normalized spacial score (nSPS) is 18.0. The minimum Gasteiger partial charge on any atom is -0.461 e. The van der Waals surface area contributed by atoms with Crippen molar-refractivity contribution in [3.63, 3.8) is 0 Å². The largest absolute Gasteiger partial charge is 0.461 e. The van der Waals surface area contributed by atoms with Gasteiger partial charge in [0.05, 0.1) is 23.7 Å². The molecule has 200 valence electrons. The van der Waals surface area contributed by atoms with Gasteiger partial charge in [-0.25, -0.2) is 14.8 Å². The van der Waals surface area contributed by atoms with Gasteiger partial charge in [0, 0.05) is 16.7 Å². The summed E-state index contributed by atoms with van der Waals surface area (Å²) in [5.74, 6) is -0.0127. The first-order chi connectivity index (χ1) is 19.5. The van der Waals surface area contributed by atoms with E-state index in [0.717, 1.165) is 33.8 Å². The molecule has 7 heteroatoms. The standard InChI is InChI=1S/C33H30N4O2S/c1-4-39-32(38)31-35-37(27-15-9-6-10-16-27)33(40-31)29-18-12-11-17-28(29)30(25-21-19-24(20-22-25)23(2)3)34-36(33)26-13-7-5-8-14-26/h5-23H,4H2,1-3H3/t33-/m0/s1. The maximum absolute atomic E-state index is 13.1. The summed E-state index contributed by atoms with van der Waals surface area (Å²) >= 11 is 1.35. The van der Waals surface area contributed by atoms with Crippen LogP contribution in [0, 0.1) is 0 Å². The summed E-state index contributed by atoms with van der Waals surface area (Å²) in [7, 11) is 0. The van der Waals surface area contributed by atoms with Gasteiger partial charge in [-0.15, -0.1) is 0 Å². The van der Waals surface area contributed by atoms with E-state index in [-0.39, 0.29) is 11.7 Å². The molecule has 0 saturated heterocycles. The summed E-state index contributed by atoms with van der Waals surface area (Å²) in [6.45, 7) is 6.46. The number of ether oxygens (including phenoxy) is 1. The fourth-order valence-corrected chi connectivity index (χ4v) is 6.37. The van der Waals surface area contributed by atoms with E-state index in [4.69, 9.17) is 14.9 Å². The van der Waals surface area contributed by atoms with Gasteiger partial charge in [-0.2, -0.15) is 10.2 Å². The average molecular weight is 547 g/mol. The molecule has 0 aliphatic carbocycles. The zero-order chi connectivity index (χ0) is 27.7. The third-order valence-corrected chi connectivity index (χ3v) is 8.33. The summed E-state index contributed by atoms with van der Waals surface area (Å²) < 4.78 is 5.42. The lowest BCUT2D eigenvalue weighted by Crippen LogP contribution is -2.54. The van der Waals surface area contributed by atoms with Crippen LogP contribution in [-0.2, 0) is 14.5 Å². The molecule has 0 amide bonds. The molecule has 0 bridgehead atoms. The number of anilines is 2. The Labute approximate surface area is 239 Å². The Morgan fingerprint density at radius 2 is 1.38 bits per heavy atom. The van der Waals surface area contributed by atoms with Gasteiger partial charge in [-0.3, -0.25) is 0 Å². The summed E-state index contributed by atoms with van der Waals surface area (Å²) in [4.78, 5) is 12.1. The Hall–Kier alpha value is -4.36. The Balaban J connectivity index is 1.61. The van der Waals surface area contributed by atoms with E-state index < -0.39 is 11.0 Å². The third-order valence-electron chi connectivity index (χ3n) is 7.04. The highest BCUT2D eigenvalue weighted by Gasteiger charge is 2.56. The van der Waals surface area contributed by atoms with Crippen molar-refractivity contribution in [1.82, 2.24) is 0 Å². The Kier molecular flexibility index (Phi) is 6.90. The van der Waals surface area contributed by atoms with E-state index >= 15 is 0 Å². The molecule has 40 heavy (non-hydrogen) atoms. The summed E-state index contributed by atoms with van der Waals surface area (Å²) in [6, 6.07) is 36.8. The second kappa shape index (κ2) is 10.7. The van der Waals surface area contributed by atoms with Gasteiger partial charge in [0.25, 0.3) is 0 Å². The van der Waals surface area contributed by atoms with Crippen LogP contribution in [-0.4, -0.2) is 23.3 Å². The zero-order valence-electron chi connectivity index (χ0n) is 22.7. The molecule has 2 aliphatic heterocycles. The van der Waals surface area contributed by atoms with Crippen LogP contribution in [0.4, 0.5) is 11.4 Å². The van der Waals surface area contributed by atoms with Gasteiger partial charge >= 0.3 is 5.97 Å². The fourth-order valence-electron chi connectivity index (χ4n) is 5.09. The summed E-state index contributed by atoms with van der Waals surface area (Å²) in [5.41, 5.74) is 6.84. The molecule has 6 nitrogen and oxygen atoms in total. The molecule has 4 aromatic carbocycles. The van der Waals surface area contributed by atoms with Gasteiger partial charge < -0.3 is 4.74 Å². The molecule has 4 aromatic rings. The van der Waals surface area contributed by atoms with Crippen molar-refractivity contribution in [2.24, 2.45) is 10.2 Å². The molecule has 0 N–H and O–H groups in total. The number of benzene rings is 4. The quantitative estimate of drug-likeness (QED) is 0.237. The van der Waals surface area contributed by atoms with E-state index in [1.54, 1.807) is 6.92 Å². The van der Waals surface area contributed by atoms with E-state index in [2.05, 4.69) is 50.2 Å². The van der Waals surface area contributed by atoms with E-state index in [0.29, 0.717) is 5.92 Å². The van der Waals surface area contributed by atoms with E-state index in [1.807, 2.05) is 82.8 Å². The van der Waals surface area contributed by atoms with Crippen LogP contribution in [0.2, 0.25) is 0 Å². The number of hydrogen-bond acceptors (Lipinski definition) is 7. The number of hydrazone groups is 2. The van der Waals surface area contributed by atoms with Crippen LogP contribution in [0.15, 0.2) is 119 Å². The predicted molar refractivity (Wildman–Crippen MR) is 164 cm³/mol. The van der Waals surface area contributed by atoms with Gasteiger partial charge in [0.1, 0.15) is 0 Å². The highest BCUT2D eigenvalue weighted by molar-refractivity contribution is 8.16.